The predicted molar refractivity (Wildman–Crippen MR) is 98.0 cm³/mol. The second kappa shape index (κ2) is 7.14. The largest absolute Gasteiger partial charge is 0.490 e. The van der Waals surface area contributed by atoms with E-state index in [-0.39, 0.29) is 6.10 Å². The molecule has 0 amide bonds. The third-order valence-electron chi connectivity index (χ3n) is 3.03. The van der Waals surface area contributed by atoms with Gasteiger partial charge in [0, 0.05) is 0 Å². The maximum atomic E-state index is 5.70. The van der Waals surface area contributed by atoms with Gasteiger partial charge in [-0.05, 0) is 77.9 Å². The number of rotatable bonds is 5. The fourth-order valence-electron chi connectivity index (χ4n) is 2.04. The van der Waals surface area contributed by atoms with Crippen LogP contribution in [0.4, 0.5) is 0 Å². The zero-order valence-corrected chi connectivity index (χ0v) is 15.5. The number of benzene rings is 1. The molecule has 0 saturated heterocycles. The Labute approximate surface area is 152 Å². The van der Waals surface area contributed by atoms with Crippen molar-refractivity contribution in [3.05, 3.63) is 51.4 Å². The Kier molecular flexibility index (Phi) is 4.96. The summed E-state index contributed by atoms with van der Waals surface area (Å²) in [5.41, 5.74) is 0.895. The lowest BCUT2D eigenvalue weighted by atomic mass is 10.2. The Hall–Kier alpha value is -2.19. The molecule has 24 heavy (non-hydrogen) atoms. The molecule has 124 valence electrons. The maximum absolute atomic E-state index is 5.70. The minimum Gasteiger partial charge on any atom is -0.490 e. The van der Waals surface area contributed by atoms with Crippen LogP contribution in [0, 0.1) is 4.77 Å². The number of hydrogen-bond acceptors (Lipinski definition) is 5. The summed E-state index contributed by atoms with van der Waals surface area (Å²) < 4.78 is 13.8. The van der Waals surface area contributed by atoms with Crippen molar-refractivity contribution in [2.24, 2.45) is 5.10 Å². The number of halogens is 1. The smallest absolute Gasteiger partial charge is 0.219 e. The van der Waals surface area contributed by atoms with Crippen molar-refractivity contribution in [1.29, 1.82) is 0 Å². The Bertz CT molecular complexity index is 913. The van der Waals surface area contributed by atoms with E-state index in [4.69, 9.17) is 21.4 Å². The molecule has 0 saturated carbocycles. The normalized spacial score (nSPS) is 11.5. The zero-order chi connectivity index (χ0) is 17.1. The number of hydrogen-bond donors (Lipinski definition) is 1. The van der Waals surface area contributed by atoms with Crippen LogP contribution in [0.1, 0.15) is 19.4 Å². The van der Waals surface area contributed by atoms with E-state index >= 15 is 0 Å². The van der Waals surface area contributed by atoms with Crippen molar-refractivity contribution in [1.82, 2.24) is 14.9 Å². The first-order valence-corrected chi connectivity index (χ1v) is 8.46. The molecule has 1 aromatic carbocycles. The van der Waals surface area contributed by atoms with Gasteiger partial charge < -0.3 is 9.15 Å². The van der Waals surface area contributed by atoms with Crippen molar-refractivity contribution in [2.75, 3.05) is 0 Å². The molecule has 0 fully saturated rings. The Balaban J connectivity index is 1.88. The first kappa shape index (κ1) is 16.7. The third-order valence-corrected chi connectivity index (χ3v) is 3.92. The van der Waals surface area contributed by atoms with Gasteiger partial charge in [0.25, 0.3) is 0 Å². The van der Waals surface area contributed by atoms with E-state index in [1.54, 1.807) is 24.6 Å². The topological polar surface area (TPSA) is 68.3 Å². The van der Waals surface area contributed by atoms with E-state index in [2.05, 4.69) is 31.2 Å². The molecule has 8 heteroatoms. The van der Waals surface area contributed by atoms with E-state index in [0.29, 0.717) is 16.4 Å². The molecular weight excluding hydrogens is 392 g/mol. The van der Waals surface area contributed by atoms with Gasteiger partial charge in [-0.25, -0.2) is 5.10 Å². The van der Waals surface area contributed by atoms with Gasteiger partial charge in [-0.1, -0.05) is 0 Å². The molecule has 2 aromatic heterocycles. The van der Waals surface area contributed by atoms with E-state index in [0.717, 1.165) is 15.8 Å². The molecular formula is C16H15BrN4O2S. The van der Waals surface area contributed by atoms with Crippen LogP contribution in [0.5, 0.6) is 5.75 Å². The second-order valence-corrected chi connectivity index (χ2v) is 6.48. The molecule has 3 aromatic rings. The van der Waals surface area contributed by atoms with Gasteiger partial charge in [0.1, 0.15) is 5.75 Å². The van der Waals surface area contributed by atoms with Gasteiger partial charge in [-0.15, -0.1) is 5.10 Å². The van der Waals surface area contributed by atoms with Gasteiger partial charge in [0.2, 0.25) is 10.6 Å². The van der Waals surface area contributed by atoms with E-state index in [1.807, 2.05) is 32.0 Å². The number of aromatic nitrogens is 3. The molecule has 0 aliphatic carbocycles. The third kappa shape index (κ3) is 3.65. The minimum absolute atomic E-state index is 0.112. The monoisotopic (exact) mass is 406 g/mol. The fourth-order valence-corrected chi connectivity index (χ4v) is 2.70. The maximum Gasteiger partial charge on any atom is 0.219 e. The summed E-state index contributed by atoms with van der Waals surface area (Å²) in [7, 11) is 0. The lowest BCUT2D eigenvalue weighted by molar-refractivity contribution is 0.241. The van der Waals surface area contributed by atoms with Crippen molar-refractivity contribution >= 4 is 34.4 Å². The highest BCUT2D eigenvalue weighted by Gasteiger charge is 2.10. The Morgan fingerprint density at radius 1 is 1.42 bits per heavy atom. The average Bonchev–Trinajstić information content (AvgIpc) is 3.17. The SMILES string of the molecule is CC(C)Oc1ccc(/C=N\n2c(-c3ccco3)n[nH]c2=S)cc1Br. The van der Waals surface area contributed by atoms with E-state index < -0.39 is 0 Å². The van der Waals surface area contributed by atoms with E-state index in [9.17, 15) is 0 Å². The molecule has 0 aliphatic rings. The summed E-state index contributed by atoms with van der Waals surface area (Å²) >= 11 is 8.72. The average molecular weight is 407 g/mol. The number of ether oxygens (including phenoxy) is 1. The molecule has 0 radical (unpaired) electrons. The minimum atomic E-state index is 0.112. The van der Waals surface area contributed by atoms with Crippen molar-refractivity contribution in [3.63, 3.8) is 0 Å². The van der Waals surface area contributed by atoms with Gasteiger partial charge >= 0.3 is 0 Å². The highest BCUT2D eigenvalue weighted by molar-refractivity contribution is 9.10. The quantitative estimate of drug-likeness (QED) is 0.495. The summed E-state index contributed by atoms with van der Waals surface area (Å²) in [6.07, 6.45) is 3.38. The van der Waals surface area contributed by atoms with Gasteiger partial charge in [0.05, 0.1) is 23.1 Å². The molecule has 0 atom stereocenters. The van der Waals surface area contributed by atoms with Crippen LogP contribution in [0.2, 0.25) is 0 Å². The highest BCUT2D eigenvalue weighted by atomic mass is 79.9. The molecule has 1 N–H and O–H groups in total. The van der Waals surface area contributed by atoms with Crippen LogP contribution >= 0.6 is 28.1 Å². The summed E-state index contributed by atoms with van der Waals surface area (Å²) in [4.78, 5) is 0. The van der Waals surface area contributed by atoms with Crippen molar-refractivity contribution in [3.8, 4) is 17.3 Å². The van der Waals surface area contributed by atoms with E-state index in [1.165, 1.54) is 4.68 Å². The van der Waals surface area contributed by atoms with Gasteiger partial charge in [-0.3, -0.25) is 0 Å². The van der Waals surface area contributed by atoms with Crippen LogP contribution in [0.3, 0.4) is 0 Å². The highest BCUT2D eigenvalue weighted by Crippen LogP contribution is 2.26. The van der Waals surface area contributed by atoms with Crippen LogP contribution in [-0.4, -0.2) is 27.2 Å². The van der Waals surface area contributed by atoms with Crippen molar-refractivity contribution < 1.29 is 9.15 Å². The Morgan fingerprint density at radius 3 is 2.92 bits per heavy atom. The number of aromatic amines is 1. The molecule has 3 rings (SSSR count). The molecule has 0 bridgehead atoms. The van der Waals surface area contributed by atoms with Gasteiger partial charge in [-0.2, -0.15) is 9.78 Å². The van der Waals surface area contributed by atoms with Crippen molar-refractivity contribution in [2.45, 2.75) is 20.0 Å². The summed E-state index contributed by atoms with van der Waals surface area (Å²) in [5, 5.41) is 11.3. The first-order valence-electron chi connectivity index (χ1n) is 7.26. The molecule has 2 heterocycles. The van der Waals surface area contributed by atoms with Crippen LogP contribution in [0.15, 0.2) is 50.6 Å². The fraction of sp³-hybridized carbons (Fsp3) is 0.188. The number of furan rings is 1. The number of nitrogens with one attached hydrogen (secondary N) is 1. The number of nitrogens with zero attached hydrogens (tertiary/aromatic N) is 3. The lowest BCUT2D eigenvalue weighted by Crippen LogP contribution is -2.06. The molecule has 0 spiro atoms. The first-order chi connectivity index (χ1) is 11.5. The standard InChI is InChI=1S/C16H15BrN4O2S/c1-10(2)23-13-6-5-11(8-12(13)17)9-18-21-15(19-20-16(21)24)14-4-3-7-22-14/h3-10H,1-2H3,(H,20,24)/b18-9-. The summed E-state index contributed by atoms with van der Waals surface area (Å²) in [5.74, 6) is 1.89. The number of H-pyrrole nitrogens is 1. The summed E-state index contributed by atoms with van der Waals surface area (Å²) in [6.45, 7) is 3.97. The Morgan fingerprint density at radius 2 is 2.25 bits per heavy atom. The molecule has 0 unspecified atom stereocenters. The molecule has 6 nitrogen and oxygen atoms in total. The molecule has 0 aliphatic heterocycles. The van der Waals surface area contributed by atoms with Crippen LogP contribution < -0.4 is 4.74 Å². The predicted octanol–water partition coefficient (Wildman–Crippen LogP) is 4.63. The van der Waals surface area contributed by atoms with Crippen LogP contribution in [-0.2, 0) is 0 Å². The zero-order valence-electron chi connectivity index (χ0n) is 13.1. The van der Waals surface area contributed by atoms with Crippen LogP contribution in [0.25, 0.3) is 11.6 Å². The van der Waals surface area contributed by atoms with Gasteiger partial charge in [0.15, 0.2) is 5.76 Å². The second-order valence-electron chi connectivity index (χ2n) is 5.24. The lowest BCUT2D eigenvalue weighted by Gasteiger charge is -2.11. The summed E-state index contributed by atoms with van der Waals surface area (Å²) in [6, 6.07) is 9.32.